The van der Waals surface area contributed by atoms with Crippen molar-refractivity contribution in [2.45, 2.75) is 64.1 Å². The summed E-state index contributed by atoms with van der Waals surface area (Å²) in [6, 6.07) is 9.72. The van der Waals surface area contributed by atoms with Crippen LogP contribution in [0.2, 0.25) is 0 Å². The summed E-state index contributed by atoms with van der Waals surface area (Å²) in [6.45, 7) is 3.69. The summed E-state index contributed by atoms with van der Waals surface area (Å²) in [7, 11) is 0. The van der Waals surface area contributed by atoms with Gasteiger partial charge in [0.05, 0.1) is 29.9 Å². The Balaban J connectivity index is 1.32. The smallest absolute Gasteiger partial charge is 0.378 e. The highest BCUT2D eigenvalue weighted by atomic mass is 19.4. The predicted octanol–water partition coefficient (Wildman–Crippen LogP) is 7.41. The molecule has 3 aliphatic rings. The zero-order valence-electron chi connectivity index (χ0n) is 26.3. The van der Waals surface area contributed by atoms with Crippen LogP contribution in [0.25, 0.3) is 10.9 Å². The third-order valence-corrected chi connectivity index (χ3v) is 9.19. The molecule has 48 heavy (non-hydrogen) atoms. The maximum atomic E-state index is 13.9. The molecule has 3 fully saturated rings. The summed E-state index contributed by atoms with van der Waals surface area (Å²) in [6.07, 6.45) is -4.11. The lowest BCUT2D eigenvalue weighted by molar-refractivity contribution is -0.143. The molecule has 2 aromatic heterocycles. The van der Waals surface area contributed by atoms with E-state index in [4.69, 9.17) is 9.72 Å². The Labute approximate surface area is 273 Å². The highest BCUT2D eigenvalue weighted by molar-refractivity contribution is 5.84. The molecule has 14 heteroatoms. The average Bonchev–Trinajstić information content (AvgIpc) is 3.99. The minimum absolute atomic E-state index is 0.0609. The van der Waals surface area contributed by atoms with E-state index in [9.17, 15) is 26.3 Å². The fourth-order valence-corrected chi connectivity index (χ4v) is 6.41. The van der Waals surface area contributed by atoms with Gasteiger partial charge in [0.1, 0.15) is 12.1 Å². The molecule has 2 aromatic carbocycles. The van der Waals surface area contributed by atoms with E-state index in [0.717, 1.165) is 59.8 Å². The Morgan fingerprint density at radius 3 is 2.17 bits per heavy atom. The molecule has 1 saturated heterocycles. The maximum Gasteiger partial charge on any atom is 0.416 e. The van der Waals surface area contributed by atoms with Gasteiger partial charge in [-0.05, 0) is 79.8 Å². The second-order valence-electron chi connectivity index (χ2n) is 12.9. The molecule has 1 N–H and O–H groups in total. The van der Waals surface area contributed by atoms with Gasteiger partial charge in [-0.2, -0.15) is 31.3 Å². The summed E-state index contributed by atoms with van der Waals surface area (Å²) < 4.78 is 88.6. The Bertz CT molecular complexity index is 1740. The van der Waals surface area contributed by atoms with Crippen molar-refractivity contribution >= 4 is 28.6 Å². The number of ether oxygens (including phenoxy) is 1. The number of fused-ring (bicyclic) bond motifs is 1. The van der Waals surface area contributed by atoms with Crippen molar-refractivity contribution in [3.8, 4) is 0 Å². The number of aryl methyl sites for hydroxylation is 1. The number of benzene rings is 2. The quantitative estimate of drug-likeness (QED) is 0.175. The van der Waals surface area contributed by atoms with Crippen molar-refractivity contribution in [1.29, 1.82) is 0 Å². The van der Waals surface area contributed by atoms with Gasteiger partial charge < -0.3 is 19.9 Å². The zero-order valence-corrected chi connectivity index (χ0v) is 26.3. The number of aromatic nitrogens is 4. The van der Waals surface area contributed by atoms with Crippen LogP contribution in [0.3, 0.4) is 0 Å². The van der Waals surface area contributed by atoms with Crippen LogP contribution in [-0.4, -0.2) is 52.3 Å². The van der Waals surface area contributed by atoms with Crippen molar-refractivity contribution in [2.75, 3.05) is 41.4 Å². The minimum Gasteiger partial charge on any atom is -0.378 e. The molecule has 0 radical (unpaired) electrons. The first kappa shape index (κ1) is 32.4. The number of morpholine rings is 1. The van der Waals surface area contributed by atoms with Gasteiger partial charge in [-0.3, -0.25) is 0 Å². The molecule has 4 aromatic rings. The van der Waals surface area contributed by atoms with Gasteiger partial charge in [0, 0.05) is 43.2 Å². The first-order chi connectivity index (χ1) is 22.9. The van der Waals surface area contributed by atoms with Crippen LogP contribution >= 0.6 is 0 Å². The van der Waals surface area contributed by atoms with Gasteiger partial charge in [0.2, 0.25) is 11.9 Å². The summed E-state index contributed by atoms with van der Waals surface area (Å²) in [5.74, 6) is 2.20. The number of alkyl halides is 6. The number of hydrogen-bond acceptors (Lipinski definition) is 8. The van der Waals surface area contributed by atoms with Gasteiger partial charge in [0.25, 0.3) is 0 Å². The van der Waals surface area contributed by atoms with Gasteiger partial charge in [-0.15, -0.1) is 0 Å². The first-order valence-corrected chi connectivity index (χ1v) is 16.1. The minimum atomic E-state index is -4.98. The number of pyridine rings is 1. The molecular weight excluding hydrogens is 636 g/mol. The molecule has 8 nitrogen and oxygen atoms in total. The van der Waals surface area contributed by atoms with Gasteiger partial charge in [-0.1, -0.05) is 18.2 Å². The monoisotopic (exact) mass is 671 g/mol. The largest absolute Gasteiger partial charge is 0.416 e. The number of hydrogen-bond donors (Lipinski definition) is 1. The number of nitrogens with one attached hydrogen (secondary N) is 1. The molecule has 2 saturated carbocycles. The molecule has 3 heterocycles. The fourth-order valence-electron chi connectivity index (χ4n) is 6.41. The highest BCUT2D eigenvalue weighted by Gasteiger charge is 2.42. The summed E-state index contributed by atoms with van der Waals surface area (Å²) in [4.78, 5) is 21.9. The van der Waals surface area contributed by atoms with Gasteiger partial charge in [0.15, 0.2) is 0 Å². The lowest BCUT2D eigenvalue weighted by Crippen LogP contribution is -2.37. The molecule has 7 rings (SSSR count). The lowest BCUT2D eigenvalue weighted by Gasteiger charge is -2.29. The summed E-state index contributed by atoms with van der Waals surface area (Å²) in [5, 5.41) is 4.59. The molecule has 0 unspecified atom stereocenters. The SMILES string of the molecule is Cc1cccc2cc(CN(Cc3cc(C(F)(F)F)cc(C(F)(F)F)c3)c3ncnc(N4CCOCC4)n3)c(NC(C3CC3)C3CC3)nc12. The van der Waals surface area contributed by atoms with E-state index < -0.39 is 23.5 Å². The molecule has 0 amide bonds. The Hall–Kier alpha value is -4.20. The Kier molecular flexibility index (Phi) is 8.55. The van der Waals surface area contributed by atoms with Gasteiger partial charge in [-0.25, -0.2) is 15.0 Å². The van der Waals surface area contributed by atoms with Crippen molar-refractivity contribution in [3.63, 3.8) is 0 Å². The van der Waals surface area contributed by atoms with Crippen LogP contribution in [0.15, 0.2) is 48.8 Å². The van der Waals surface area contributed by atoms with Crippen LogP contribution in [0.1, 0.15) is 53.5 Å². The van der Waals surface area contributed by atoms with Crippen molar-refractivity contribution < 1.29 is 31.1 Å². The number of anilines is 3. The van der Waals surface area contributed by atoms with Crippen molar-refractivity contribution in [3.05, 3.63) is 76.6 Å². The topological polar surface area (TPSA) is 79.3 Å². The van der Waals surface area contributed by atoms with E-state index in [-0.39, 0.29) is 36.7 Å². The highest BCUT2D eigenvalue weighted by Crippen LogP contribution is 2.46. The predicted molar refractivity (Wildman–Crippen MR) is 169 cm³/mol. The zero-order chi connectivity index (χ0) is 33.6. The van der Waals surface area contributed by atoms with E-state index in [1.807, 2.05) is 36.1 Å². The number of rotatable bonds is 10. The molecule has 1 aliphatic heterocycles. The first-order valence-electron chi connectivity index (χ1n) is 16.1. The lowest BCUT2D eigenvalue weighted by atomic mass is 10.0. The standard InChI is InChI=1S/C34H35F6N7O/c1-20-3-2-4-24-15-25(30(43-28(20)24)44-29(22-5-6-22)23-7-8-23)18-47(32-42-19-41-31(45-32)46-9-11-48-12-10-46)17-21-13-26(33(35,36)37)16-27(14-21)34(38,39)40/h2-4,13-16,19,22-23,29H,5-12,17-18H2,1H3,(H,43,44). The third kappa shape index (κ3) is 7.27. The maximum absolute atomic E-state index is 13.9. The third-order valence-electron chi connectivity index (χ3n) is 9.19. The summed E-state index contributed by atoms with van der Waals surface area (Å²) >= 11 is 0. The van der Waals surface area contributed by atoms with Crippen LogP contribution in [0.4, 0.5) is 44.1 Å². The van der Waals surface area contributed by atoms with E-state index >= 15 is 0 Å². The van der Waals surface area contributed by atoms with E-state index in [0.29, 0.717) is 49.9 Å². The van der Waals surface area contributed by atoms with Crippen LogP contribution in [-0.2, 0) is 30.2 Å². The Morgan fingerprint density at radius 2 is 1.54 bits per heavy atom. The molecule has 0 spiro atoms. The van der Waals surface area contributed by atoms with E-state index in [2.05, 4.69) is 20.3 Å². The van der Waals surface area contributed by atoms with Crippen LogP contribution < -0.4 is 15.1 Å². The van der Waals surface area contributed by atoms with Gasteiger partial charge >= 0.3 is 12.4 Å². The number of para-hydroxylation sites is 1. The number of halogens is 6. The van der Waals surface area contributed by atoms with E-state index in [1.165, 1.54) is 6.33 Å². The summed E-state index contributed by atoms with van der Waals surface area (Å²) in [5.41, 5.74) is -0.389. The Morgan fingerprint density at radius 1 is 0.875 bits per heavy atom. The van der Waals surface area contributed by atoms with Crippen molar-refractivity contribution in [2.24, 2.45) is 11.8 Å². The molecule has 0 bridgehead atoms. The van der Waals surface area contributed by atoms with Crippen LogP contribution in [0.5, 0.6) is 0 Å². The molecule has 254 valence electrons. The molecular formula is C34H35F6N7O. The number of nitrogens with zero attached hydrogens (tertiary/aromatic N) is 6. The van der Waals surface area contributed by atoms with Crippen molar-refractivity contribution in [1.82, 2.24) is 19.9 Å². The fraction of sp³-hybridized carbons (Fsp3) is 0.471. The average molecular weight is 672 g/mol. The van der Waals surface area contributed by atoms with Crippen LogP contribution in [0, 0.1) is 18.8 Å². The van der Waals surface area contributed by atoms with E-state index in [1.54, 1.807) is 4.90 Å². The molecule has 2 aliphatic carbocycles. The second-order valence-corrected chi connectivity index (χ2v) is 12.9. The molecule has 0 atom stereocenters. The second kappa shape index (κ2) is 12.7. The normalized spacial score (nSPS) is 17.3.